The topological polar surface area (TPSA) is 115 Å². The molecule has 1 atom stereocenters. The Morgan fingerprint density at radius 3 is 2.69 bits per heavy atom. The molecule has 0 aromatic carbocycles. The van der Waals surface area contributed by atoms with E-state index in [2.05, 4.69) is 16.4 Å². The summed E-state index contributed by atoms with van der Waals surface area (Å²) < 4.78 is 5.14. The number of aromatic nitrogens is 1. The molecule has 3 N–H and O–H groups in total. The lowest BCUT2D eigenvalue weighted by atomic mass is 10.1. The number of aliphatic hydroxyl groups excluding tert-OH is 1. The van der Waals surface area contributed by atoms with Gasteiger partial charge < -0.3 is 20.1 Å². The Labute approximate surface area is 173 Å². The van der Waals surface area contributed by atoms with Crippen molar-refractivity contribution < 1.29 is 19.4 Å². The number of aliphatic hydroxyl groups is 1. The molecule has 29 heavy (non-hydrogen) atoms. The zero-order chi connectivity index (χ0) is 21.1. The molecule has 0 bridgehead atoms. The first kappa shape index (κ1) is 21.1. The van der Waals surface area contributed by atoms with Crippen LogP contribution in [0.1, 0.15) is 75.6 Å². The SMILES string of the molecule is Cc1[nH]c(C(=O)OCC(=O)Nc2sc3c(c2C#N)CCCCC3)c(C)c1[C@H](C)O. The van der Waals surface area contributed by atoms with E-state index in [0.29, 0.717) is 27.4 Å². The summed E-state index contributed by atoms with van der Waals surface area (Å²) in [6, 6.07) is 2.21. The first-order chi connectivity index (χ1) is 13.8. The minimum Gasteiger partial charge on any atom is -0.451 e. The molecule has 0 fully saturated rings. The molecule has 2 aromatic rings. The number of nitriles is 1. The Morgan fingerprint density at radius 2 is 2.03 bits per heavy atom. The number of carbonyl (C=O) groups is 2. The van der Waals surface area contributed by atoms with Crippen molar-refractivity contribution in [2.75, 3.05) is 11.9 Å². The van der Waals surface area contributed by atoms with E-state index in [9.17, 15) is 20.0 Å². The molecule has 3 rings (SSSR count). The maximum Gasteiger partial charge on any atom is 0.355 e. The third-order valence-corrected chi connectivity index (χ3v) is 6.45. The van der Waals surface area contributed by atoms with Crippen molar-refractivity contribution in [3.8, 4) is 6.07 Å². The molecule has 0 aliphatic heterocycles. The average Bonchev–Trinajstić information content (AvgIpc) is 3.04. The smallest absolute Gasteiger partial charge is 0.355 e. The number of ether oxygens (including phenoxy) is 1. The minimum absolute atomic E-state index is 0.228. The highest BCUT2D eigenvalue weighted by molar-refractivity contribution is 7.16. The van der Waals surface area contributed by atoms with Gasteiger partial charge in [0.15, 0.2) is 6.61 Å². The summed E-state index contributed by atoms with van der Waals surface area (Å²) in [6.07, 6.45) is 4.36. The molecular formula is C21H25N3O4S. The molecule has 0 radical (unpaired) electrons. The van der Waals surface area contributed by atoms with Crippen molar-refractivity contribution in [3.05, 3.63) is 38.5 Å². The van der Waals surface area contributed by atoms with Crippen LogP contribution in [0.15, 0.2) is 0 Å². The number of carbonyl (C=O) groups excluding carboxylic acids is 2. The molecule has 0 saturated carbocycles. The first-order valence-corrected chi connectivity index (χ1v) is 10.5. The van der Waals surface area contributed by atoms with Gasteiger partial charge >= 0.3 is 5.97 Å². The molecule has 7 nitrogen and oxygen atoms in total. The highest BCUT2D eigenvalue weighted by atomic mass is 32.1. The monoisotopic (exact) mass is 415 g/mol. The second-order valence-corrected chi connectivity index (χ2v) is 8.45. The number of hydrogen-bond donors (Lipinski definition) is 3. The summed E-state index contributed by atoms with van der Waals surface area (Å²) in [7, 11) is 0. The number of aromatic amines is 1. The number of hydrogen-bond acceptors (Lipinski definition) is 6. The number of anilines is 1. The summed E-state index contributed by atoms with van der Waals surface area (Å²) in [6.45, 7) is 4.66. The molecule has 1 aliphatic carbocycles. The summed E-state index contributed by atoms with van der Waals surface area (Å²) in [5.41, 5.74) is 3.76. The third-order valence-electron chi connectivity index (χ3n) is 5.24. The standard InChI is InChI=1S/C21H25N3O4S/c1-11-18(13(3)25)12(2)23-19(11)21(27)28-10-17(26)24-20-15(9-22)14-7-5-4-6-8-16(14)29-20/h13,23,25H,4-8,10H2,1-3H3,(H,24,26)/t13-/m0/s1. The quantitative estimate of drug-likeness (QED) is 0.509. The van der Waals surface area contributed by atoms with Crippen LogP contribution < -0.4 is 5.32 Å². The largest absolute Gasteiger partial charge is 0.451 e. The highest BCUT2D eigenvalue weighted by Crippen LogP contribution is 2.37. The van der Waals surface area contributed by atoms with E-state index in [1.54, 1.807) is 20.8 Å². The van der Waals surface area contributed by atoms with Gasteiger partial charge in [-0.2, -0.15) is 5.26 Å². The van der Waals surface area contributed by atoms with Crippen molar-refractivity contribution >= 4 is 28.2 Å². The van der Waals surface area contributed by atoms with Gasteiger partial charge in [-0.25, -0.2) is 4.79 Å². The van der Waals surface area contributed by atoms with Crippen LogP contribution in [-0.4, -0.2) is 28.6 Å². The van der Waals surface area contributed by atoms with Gasteiger partial charge in [0.2, 0.25) is 0 Å². The Balaban J connectivity index is 1.66. The molecule has 1 amide bonds. The van der Waals surface area contributed by atoms with E-state index in [1.807, 2.05) is 0 Å². The number of nitrogens with zero attached hydrogens (tertiary/aromatic N) is 1. The van der Waals surface area contributed by atoms with Crippen LogP contribution >= 0.6 is 11.3 Å². The molecule has 1 aliphatic rings. The Kier molecular flexibility index (Phi) is 6.40. The zero-order valence-corrected chi connectivity index (χ0v) is 17.7. The number of amides is 1. The van der Waals surface area contributed by atoms with Crippen molar-refractivity contribution in [1.29, 1.82) is 5.26 Å². The molecule has 0 saturated heterocycles. The molecule has 8 heteroatoms. The zero-order valence-electron chi connectivity index (χ0n) is 16.8. The third kappa shape index (κ3) is 4.36. The Morgan fingerprint density at radius 1 is 1.31 bits per heavy atom. The second kappa shape index (κ2) is 8.80. The molecule has 154 valence electrons. The van der Waals surface area contributed by atoms with Crippen molar-refractivity contribution in [2.24, 2.45) is 0 Å². The number of nitrogens with one attached hydrogen (secondary N) is 2. The molecular weight excluding hydrogens is 390 g/mol. The number of rotatable bonds is 5. The fourth-order valence-corrected chi connectivity index (χ4v) is 5.17. The van der Waals surface area contributed by atoms with Crippen molar-refractivity contribution in [2.45, 2.75) is 59.0 Å². The Bertz CT molecular complexity index is 981. The van der Waals surface area contributed by atoms with Crippen molar-refractivity contribution in [3.63, 3.8) is 0 Å². The predicted octanol–water partition coefficient (Wildman–Crippen LogP) is 3.68. The van der Waals surface area contributed by atoms with Crippen LogP contribution in [0.2, 0.25) is 0 Å². The van der Waals surface area contributed by atoms with Crippen LogP contribution in [0.5, 0.6) is 0 Å². The van der Waals surface area contributed by atoms with Crippen LogP contribution in [0, 0.1) is 25.2 Å². The van der Waals surface area contributed by atoms with Gasteiger partial charge in [-0.1, -0.05) is 6.42 Å². The number of H-pyrrole nitrogens is 1. The van der Waals surface area contributed by atoms with Gasteiger partial charge in [-0.3, -0.25) is 4.79 Å². The van der Waals surface area contributed by atoms with E-state index in [-0.39, 0.29) is 5.69 Å². The summed E-state index contributed by atoms with van der Waals surface area (Å²) >= 11 is 1.44. The van der Waals surface area contributed by atoms with Crippen LogP contribution in [-0.2, 0) is 22.4 Å². The van der Waals surface area contributed by atoms with E-state index in [0.717, 1.165) is 42.5 Å². The number of thiophene rings is 1. The van der Waals surface area contributed by atoms with Crippen LogP contribution in [0.25, 0.3) is 0 Å². The van der Waals surface area contributed by atoms with Crippen LogP contribution in [0.3, 0.4) is 0 Å². The number of fused-ring (bicyclic) bond motifs is 1. The van der Waals surface area contributed by atoms with Gasteiger partial charge in [-0.05, 0) is 57.6 Å². The maximum absolute atomic E-state index is 12.4. The summed E-state index contributed by atoms with van der Waals surface area (Å²) in [4.78, 5) is 28.8. The minimum atomic E-state index is -0.713. The van der Waals surface area contributed by atoms with Gasteiger partial charge in [0.25, 0.3) is 5.91 Å². The molecule has 2 aromatic heterocycles. The maximum atomic E-state index is 12.4. The highest BCUT2D eigenvalue weighted by Gasteiger charge is 2.23. The lowest BCUT2D eigenvalue weighted by Crippen LogP contribution is -2.21. The van der Waals surface area contributed by atoms with E-state index in [4.69, 9.17) is 4.74 Å². The van der Waals surface area contributed by atoms with Crippen molar-refractivity contribution in [1.82, 2.24) is 4.98 Å². The lowest BCUT2D eigenvalue weighted by molar-refractivity contribution is -0.119. The molecule has 0 spiro atoms. The van der Waals surface area contributed by atoms with E-state index in [1.165, 1.54) is 11.3 Å². The first-order valence-electron chi connectivity index (χ1n) is 9.72. The van der Waals surface area contributed by atoms with E-state index >= 15 is 0 Å². The Hall–Kier alpha value is -2.63. The number of aryl methyl sites for hydroxylation is 2. The summed E-state index contributed by atoms with van der Waals surface area (Å²) in [5, 5.41) is 22.6. The van der Waals surface area contributed by atoms with Gasteiger partial charge in [0.1, 0.15) is 16.8 Å². The lowest BCUT2D eigenvalue weighted by Gasteiger charge is -2.07. The fraction of sp³-hybridized carbons (Fsp3) is 0.476. The van der Waals surface area contributed by atoms with Gasteiger partial charge in [0.05, 0.1) is 11.7 Å². The number of esters is 1. The van der Waals surface area contributed by atoms with Gasteiger partial charge in [-0.15, -0.1) is 11.3 Å². The predicted molar refractivity (Wildman–Crippen MR) is 110 cm³/mol. The normalized spacial score (nSPS) is 14.4. The average molecular weight is 416 g/mol. The fourth-order valence-electron chi connectivity index (χ4n) is 3.91. The van der Waals surface area contributed by atoms with Gasteiger partial charge in [0, 0.05) is 16.1 Å². The second-order valence-electron chi connectivity index (χ2n) is 7.34. The molecule has 0 unspecified atom stereocenters. The summed E-state index contributed by atoms with van der Waals surface area (Å²) in [5.74, 6) is -1.14. The van der Waals surface area contributed by atoms with Crippen LogP contribution in [0.4, 0.5) is 5.00 Å². The van der Waals surface area contributed by atoms with E-state index < -0.39 is 24.6 Å². The molecule has 2 heterocycles.